The van der Waals surface area contributed by atoms with Gasteiger partial charge in [0, 0.05) is 26.2 Å². The number of nitrogens with zero attached hydrogens (tertiary/aromatic N) is 2. The van der Waals surface area contributed by atoms with Crippen LogP contribution in [0.1, 0.15) is 33.6 Å². The number of carbonyl (C=O) groups excluding carboxylic acids is 1. The second-order valence-corrected chi connectivity index (χ2v) is 4.52. The Kier molecular flexibility index (Phi) is 6.52. The Hall–Kier alpha value is -0.610. The lowest BCUT2D eigenvalue weighted by molar-refractivity contribution is -0.133. The topological polar surface area (TPSA) is 32.8 Å². The van der Waals surface area contributed by atoms with Gasteiger partial charge in [0.25, 0.3) is 0 Å². The van der Waals surface area contributed by atoms with Crippen molar-refractivity contribution in [3.05, 3.63) is 0 Å². The lowest BCUT2D eigenvalue weighted by Gasteiger charge is -2.33. The number of ether oxygens (including phenoxy) is 1. The molecule has 1 rings (SSSR count). The van der Waals surface area contributed by atoms with E-state index in [1.165, 1.54) is 0 Å². The SMILES string of the molecule is CCOC1CCCN(CC(=O)N(CC)CC)C1. The first-order chi connectivity index (χ1) is 8.21. The van der Waals surface area contributed by atoms with Crippen molar-refractivity contribution in [2.24, 2.45) is 0 Å². The van der Waals surface area contributed by atoms with Gasteiger partial charge in [-0.1, -0.05) is 0 Å². The van der Waals surface area contributed by atoms with Crippen LogP contribution in [0, 0.1) is 0 Å². The standard InChI is InChI=1S/C13H26N2O2/c1-4-15(5-2)13(16)11-14-9-7-8-12(10-14)17-6-3/h12H,4-11H2,1-3H3. The summed E-state index contributed by atoms with van der Waals surface area (Å²) in [5.74, 6) is 0.243. The summed E-state index contributed by atoms with van der Waals surface area (Å²) < 4.78 is 5.64. The summed E-state index contributed by atoms with van der Waals surface area (Å²) in [6, 6.07) is 0. The number of hydrogen-bond donors (Lipinski definition) is 0. The minimum Gasteiger partial charge on any atom is -0.377 e. The molecule has 17 heavy (non-hydrogen) atoms. The highest BCUT2D eigenvalue weighted by Gasteiger charge is 2.22. The van der Waals surface area contributed by atoms with E-state index in [1.807, 2.05) is 25.7 Å². The van der Waals surface area contributed by atoms with Crippen molar-refractivity contribution >= 4 is 5.91 Å². The fraction of sp³-hybridized carbons (Fsp3) is 0.923. The summed E-state index contributed by atoms with van der Waals surface area (Å²) in [5.41, 5.74) is 0. The molecule has 0 aromatic rings. The van der Waals surface area contributed by atoms with Gasteiger partial charge in [-0.3, -0.25) is 9.69 Å². The molecule has 0 radical (unpaired) electrons. The van der Waals surface area contributed by atoms with Crippen molar-refractivity contribution in [3.8, 4) is 0 Å². The number of likely N-dealkylation sites (tertiary alicyclic amines) is 1. The van der Waals surface area contributed by atoms with Crippen molar-refractivity contribution in [1.82, 2.24) is 9.80 Å². The van der Waals surface area contributed by atoms with E-state index >= 15 is 0 Å². The van der Waals surface area contributed by atoms with Crippen LogP contribution in [0.3, 0.4) is 0 Å². The van der Waals surface area contributed by atoms with E-state index in [4.69, 9.17) is 4.74 Å². The van der Waals surface area contributed by atoms with Gasteiger partial charge in [-0.15, -0.1) is 0 Å². The number of rotatable bonds is 6. The number of amides is 1. The van der Waals surface area contributed by atoms with Crippen LogP contribution in [0.5, 0.6) is 0 Å². The Morgan fingerprint density at radius 1 is 1.35 bits per heavy atom. The number of hydrogen-bond acceptors (Lipinski definition) is 3. The Morgan fingerprint density at radius 3 is 2.65 bits per heavy atom. The molecular formula is C13H26N2O2. The summed E-state index contributed by atoms with van der Waals surface area (Å²) >= 11 is 0. The molecule has 4 nitrogen and oxygen atoms in total. The Labute approximate surface area is 105 Å². The van der Waals surface area contributed by atoms with Crippen LogP contribution in [-0.2, 0) is 9.53 Å². The highest BCUT2D eigenvalue weighted by atomic mass is 16.5. The van der Waals surface area contributed by atoms with Gasteiger partial charge < -0.3 is 9.64 Å². The van der Waals surface area contributed by atoms with E-state index in [1.54, 1.807) is 0 Å². The summed E-state index contributed by atoms with van der Waals surface area (Å²) in [4.78, 5) is 16.1. The van der Waals surface area contributed by atoms with Crippen LogP contribution in [0.2, 0.25) is 0 Å². The van der Waals surface area contributed by atoms with Gasteiger partial charge in [-0.2, -0.15) is 0 Å². The molecule has 0 aromatic heterocycles. The molecule has 1 unspecified atom stereocenters. The molecule has 0 saturated carbocycles. The van der Waals surface area contributed by atoms with E-state index in [-0.39, 0.29) is 5.91 Å². The molecule has 1 fully saturated rings. The quantitative estimate of drug-likeness (QED) is 0.705. The van der Waals surface area contributed by atoms with E-state index in [0.717, 1.165) is 45.6 Å². The maximum absolute atomic E-state index is 12.0. The van der Waals surface area contributed by atoms with Crippen molar-refractivity contribution in [3.63, 3.8) is 0 Å². The van der Waals surface area contributed by atoms with Crippen molar-refractivity contribution in [1.29, 1.82) is 0 Å². The van der Waals surface area contributed by atoms with Crippen LogP contribution >= 0.6 is 0 Å². The summed E-state index contributed by atoms with van der Waals surface area (Å²) in [6.07, 6.45) is 2.58. The first-order valence-corrected chi connectivity index (χ1v) is 6.82. The second-order valence-electron chi connectivity index (χ2n) is 4.52. The number of likely N-dealkylation sites (N-methyl/N-ethyl adjacent to an activating group) is 1. The fourth-order valence-corrected chi connectivity index (χ4v) is 2.40. The fourth-order valence-electron chi connectivity index (χ4n) is 2.40. The zero-order chi connectivity index (χ0) is 12.7. The highest BCUT2D eigenvalue weighted by Crippen LogP contribution is 2.13. The monoisotopic (exact) mass is 242 g/mol. The third kappa shape index (κ3) is 4.64. The van der Waals surface area contributed by atoms with Gasteiger partial charge in [-0.05, 0) is 40.2 Å². The third-order valence-corrected chi connectivity index (χ3v) is 3.34. The average molecular weight is 242 g/mol. The van der Waals surface area contributed by atoms with E-state index in [2.05, 4.69) is 4.90 Å². The number of carbonyl (C=O) groups is 1. The lowest BCUT2D eigenvalue weighted by atomic mass is 10.1. The lowest BCUT2D eigenvalue weighted by Crippen LogP contribution is -2.46. The molecular weight excluding hydrogens is 216 g/mol. The highest BCUT2D eigenvalue weighted by molar-refractivity contribution is 5.78. The van der Waals surface area contributed by atoms with E-state index in [0.29, 0.717) is 12.6 Å². The van der Waals surface area contributed by atoms with E-state index < -0.39 is 0 Å². The van der Waals surface area contributed by atoms with Crippen LogP contribution in [0.25, 0.3) is 0 Å². The van der Waals surface area contributed by atoms with Gasteiger partial charge in [-0.25, -0.2) is 0 Å². The minimum absolute atomic E-state index is 0.243. The van der Waals surface area contributed by atoms with Gasteiger partial charge in [0.2, 0.25) is 5.91 Å². The largest absolute Gasteiger partial charge is 0.377 e. The Bertz CT molecular complexity index is 227. The zero-order valence-electron chi connectivity index (χ0n) is 11.4. The summed E-state index contributed by atoms with van der Waals surface area (Å²) in [5, 5.41) is 0. The predicted octanol–water partition coefficient (Wildman–Crippen LogP) is 1.36. The molecule has 0 spiro atoms. The van der Waals surface area contributed by atoms with Crippen molar-refractivity contribution in [2.75, 3.05) is 39.3 Å². The molecule has 1 heterocycles. The maximum Gasteiger partial charge on any atom is 0.236 e. The summed E-state index contributed by atoms with van der Waals surface area (Å²) in [7, 11) is 0. The molecule has 0 aromatic carbocycles. The third-order valence-electron chi connectivity index (χ3n) is 3.34. The van der Waals surface area contributed by atoms with Crippen LogP contribution in [-0.4, -0.2) is 61.1 Å². The Balaban J connectivity index is 2.37. The van der Waals surface area contributed by atoms with Crippen molar-refractivity contribution in [2.45, 2.75) is 39.7 Å². The molecule has 1 aliphatic heterocycles. The molecule has 1 aliphatic rings. The molecule has 0 N–H and O–H groups in total. The molecule has 100 valence electrons. The van der Waals surface area contributed by atoms with Gasteiger partial charge in [0.05, 0.1) is 12.6 Å². The van der Waals surface area contributed by atoms with Crippen LogP contribution in [0.4, 0.5) is 0 Å². The van der Waals surface area contributed by atoms with Crippen molar-refractivity contribution < 1.29 is 9.53 Å². The van der Waals surface area contributed by atoms with Gasteiger partial charge >= 0.3 is 0 Å². The predicted molar refractivity (Wildman–Crippen MR) is 69.0 cm³/mol. The molecule has 0 bridgehead atoms. The molecule has 0 aliphatic carbocycles. The second kappa shape index (κ2) is 7.67. The Morgan fingerprint density at radius 2 is 2.06 bits per heavy atom. The normalized spacial score (nSPS) is 21.5. The average Bonchev–Trinajstić information content (AvgIpc) is 2.31. The molecule has 1 amide bonds. The van der Waals surface area contributed by atoms with E-state index in [9.17, 15) is 4.79 Å². The van der Waals surface area contributed by atoms with Gasteiger partial charge in [0.15, 0.2) is 0 Å². The maximum atomic E-state index is 12.0. The first kappa shape index (κ1) is 14.5. The van der Waals surface area contributed by atoms with Crippen LogP contribution < -0.4 is 0 Å². The zero-order valence-corrected chi connectivity index (χ0v) is 11.4. The van der Waals surface area contributed by atoms with Gasteiger partial charge in [0.1, 0.15) is 0 Å². The first-order valence-electron chi connectivity index (χ1n) is 6.82. The minimum atomic E-state index is 0.243. The molecule has 1 atom stereocenters. The molecule has 1 saturated heterocycles. The van der Waals surface area contributed by atoms with Crippen LogP contribution in [0.15, 0.2) is 0 Å². The number of piperidine rings is 1. The summed E-state index contributed by atoms with van der Waals surface area (Å²) in [6.45, 7) is 10.9. The smallest absolute Gasteiger partial charge is 0.236 e. The molecule has 4 heteroatoms.